The SMILES string of the molecule is CC(=O)O[C@@H]1CC[C@@H]2[C@H]3C=CC4=CC(=O)C=C[C@]4(C)[C@@H]3CC[C@@]21C. The smallest absolute Gasteiger partial charge is 0.302 e. The highest BCUT2D eigenvalue weighted by molar-refractivity contribution is 6.01. The van der Waals surface area contributed by atoms with Gasteiger partial charge in [0.2, 0.25) is 0 Å². The van der Waals surface area contributed by atoms with Crippen molar-refractivity contribution in [3.63, 3.8) is 0 Å². The number of ketones is 1. The van der Waals surface area contributed by atoms with Crippen molar-refractivity contribution in [1.82, 2.24) is 0 Å². The number of esters is 1. The molecule has 0 N–H and O–H groups in total. The van der Waals surface area contributed by atoms with Crippen LogP contribution in [0.25, 0.3) is 0 Å². The minimum atomic E-state index is -0.158. The molecule has 4 rings (SSSR count). The summed E-state index contributed by atoms with van der Waals surface area (Å²) in [6.07, 6.45) is 14.6. The first-order chi connectivity index (χ1) is 11.3. The lowest BCUT2D eigenvalue weighted by Gasteiger charge is -2.54. The van der Waals surface area contributed by atoms with Gasteiger partial charge in [-0.1, -0.05) is 32.1 Å². The molecule has 0 aliphatic heterocycles. The Labute approximate surface area is 143 Å². The Balaban J connectivity index is 1.68. The molecule has 0 aromatic rings. The van der Waals surface area contributed by atoms with E-state index in [4.69, 9.17) is 4.74 Å². The molecule has 24 heavy (non-hydrogen) atoms. The fourth-order valence-electron chi connectivity index (χ4n) is 6.00. The van der Waals surface area contributed by atoms with Crippen LogP contribution in [0.1, 0.15) is 46.5 Å². The van der Waals surface area contributed by atoms with Crippen molar-refractivity contribution in [3.05, 3.63) is 36.0 Å². The van der Waals surface area contributed by atoms with Gasteiger partial charge in [0.15, 0.2) is 5.78 Å². The maximum Gasteiger partial charge on any atom is 0.302 e. The van der Waals surface area contributed by atoms with Crippen molar-refractivity contribution in [3.8, 4) is 0 Å². The lowest BCUT2D eigenvalue weighted by atomic mass is 9.50. The van der Waals surface area contributed by atoms with Crippen molar-refractivity contribution in [2.75, 3.05) is 0 Å². The van der Waals surface area contributed by atoms with Gasteiger partial charge in [0.25, 0.3) is 0 Å². The molecule has 0 spiro atoms. The molecule has 0 saturated heterocycles. The molecule has 0 aromatic heterocycles. The highest BCUT2D eigenvalue weighted by Crippen LogP contribution is 2.63. The Hall–Kier alpha value is -1.64. The number of hydrogen-bond acceptors (Lipinski definition) is 3. The number of hydrogen-bond donors (Lipinski definition) is 0. The number of allylic oxidation sites excluding steroid dienone is 6. The Morgan fingerprint density at radius 3 is 2.71 bits per heavy atom. The molecule has 3 nitrogen and oxygen atoms in total. The van der Waals surface area contributed by atoms with Gasteiger partial charge in [-0.3, -0.25) is 9.59 Å². The molecule has 2 fully saturated rings. The van der Waals surface area contributed by atoms with E-state index in [0.29, 0.717) is 17.8 Å². The van der Waals surface area contributed by atoms with Gasteiger partial charge in [0.1, 0.15) is 6.10 Å². The molecule has 3 heteroatoms. The van der Waals surface area contributed by atoms with Crippen LogP contribution in [-0.2, 0) is 14.3 Å². The summed E-state index contributed by atoms with van der Waals surface area (Å²) < 4.78 is 5.68. The maximum atomic E-state index is 11.8. The van der Waals surface area contributed by atoms with Crippen molar-refractivity contribution < 1.29 is 14.3 Å². The number of carbonyl (C=O) groups is 2. The molecule has 0 heterocycles. The number of ether oxygens (including phenoxy) is 1. The molecule has 0 radical (unpaired) electrons. The third kappa shape index (κ3) is 2.09. The van der Waals surface area contributed by atoms with Gasteiger partial charge in [0, 0.05) is 17.8 Å². The minimum absolute atomic E-state index is 0.0336. The van der Waals surface area contributed by atoms with E-state index < -0.39 is 0 Å². The van der Waals surface area contributed by atoms with E-state index in [0.717, 1.165) is 31.3 Å². The molecule has 2 saturated carbocycles. The van der Waals surface area contributed by atoms with Crippen LogP contribution in [0.5, 0.6) is 0 Å². The Bertz CT molecular complexity index is 685. The third-order valence-corrected chi connectivity index (χ3v) is 7.34. The second-order valence-corrected chi connectivity index (χ2v) is 8.49. The molecule has 0 aromatic carbocycles. The highest BCUT2D eigenvalue weighted by Gasteiger charge is 2.58. The van der Waals surface area contributed by atoms with E-state index in [-0.39, 0.29) is 28.7 Å². The van der Waals surface area contributed by atoms with Crippen LogP contribution in [-0.4, -0.2) is 17.9 Å². The Kier molecular flexibility index (Phi) is 3.42. The average Bonchev–Trinajstić information content (AvgIpc) is 2.84. The lowest BCUT2D eigenvalue weighted by molar-refractivity contribution is -0.155. The van der Waals surface area contributed by atoms with Crippen molar-refractivity contribution >= 4 is 11.8 Å². The summed E-state index contributed by atoms with van der Waals surface area (Å²) in [6.45, 7) is 6.12. The zero-order chi connectivity index (χ0) is 17.1. The average molecular weight is 326 g/mol. The Morgan fingerprint density at radius 1 is 1.17 bits per heavy atom. The minimum Gasteiger partial charge on any atom is -0.462 e. The van der Waals surface area contributed by atoms with Gasteiger partial charge in [-0.25, -0.2) is 0 Å². The largest absolute Gasteiger partial charge is 0.462 e. The van der Waals surface area contributed by atoms with E-state index in [1.165, 1.54) is 6.92 Å². The van der Waals surface area contributed by atoms with E-state index in [1.54, 1.807) is 12.2 Å². The lowest BCUT2D eigenvalue weighted by Crippen LogP contribution is -2.49. The van der Waals surface area contributed by atoms with Gasteiger partial charge in [-0.05, 0) is 61.2 Å². The van der Waals surface area contributed by atoms with Gasteiger partial charge < -0.3 is 4.74 Å². The number of rotatable bonds is 1. The first kappa shape index (κ1) is 15.9. The van der Waals surface area contributed by atoms with Crippen LogP contribution >= 0.6 is 0 Å². The number of fused-ring (bicyclic) bond motifs is 5. The summed E-state index contributed by atoms with van der Waals surface area (Å²) in [6, 6.07) is 0. The second-order valence-electron chi connectivity index (χ2n) is 8.49. The molecule has 0 bridgehead atoms. The summed E-state index contributed by atoms with van der Waals surface area (Å²) in [5.74, 6) is 1.54. The molecule has 4 aliphatic carbocycles. The van der Waals surface area contributed by atoms with Crippen molar-refractivity contribution in [2.24, 2.45) is 28.6 Å². The Morgan fingerprint density at radius 2 is 1.96 bits per heavy atom. The topological polar surface area (TPSA) is 43.4 Å². The normalized spacial score (nSPS) is 46.0. The van der Waals surface area contributed by atoms with Gasteiger partial charge in [-0.15, -0.1) is 0 Å². The third-order valence-electron chi connectivity index (χ3n) is 7.34. The molecule has 128 valence electrons. The van der Waals surface area contributed by atoms with Crippen LogP contribution in [0, 0.1) is 28.6 Å². The van der Waals surface area contributed by atoms with E-state index >= 15 is 0 Å². The predicted octanol–water partition coefficient (Wildman–Crippen LogP) is 4.00. The quantitative estimate of drug-likeness (QED) is 0.684. The zero-order valence-corrected chi connectivity index (χ0v) is 14.7. The monoisotopic (exact) mass is 326 g/mol. The maximum absolute atomic E-state index is 11.8. The van der Waals surface area contributed by atoms with Crippen molar-refractivity contribution in [2.45, 2.75) is 52.6 Å². The van der Waals surface area contributed by atoms with Crippen LogP contribution < -0.4 is 0 Å². The van der Waals surface area contributed by atoms with E-state index in [9.17, 15) is 9.59 Å². The second kappa shape index (κ2) is 5.18. The fourth-order valence-corrected chi connectivity index (χ4v) is 6.00. The fraction of sp³-hybridized carbons (Fsp3) is 0.619. The van der Waals surface area contributed by atoms with Crippen LogP contribution in [0.15, 0.2) is 36.0 Å². The number of carbonyl (C=O) groups excluding carboxylic acids is 2. The molecule has 0 amide bonds. The van der Waals surface area contributed by atoms with Gasteiger partial charge in [-0.2, -0.15) is 0 Å². The highest BCUT2D eigenvalue weighted by atomic mass is 16.5. The zero-order valence-electron chi connectivity index (χ0n) is 14.7. The first-order valence-corrected chi connectivity index (χ1v) is 9.15. The standard InChI is InChI=1S/C21H26O3/c1-13(22)24-19-7-6-17-16-5-4-14-12-15(23)8-10-20(14,2)18(16)9-11-21(17,19)3/h4-5,8,10,12,16-19H,6-7,9,11H2,1-3H3/t16-,17-,18-,19-,20+,21+/m1/s1. The first-order valence-electron chi connectivity index (χ1n) is 9.15. The summed E-state index contributed by atoms with van der Waals surface area (Å²) in [5, 5.41) is 0. The van der Waals surface area contributed by atoms with Crippen LogP contribution in [0.3, 0.4) is 0 Å². The van der Waals surface area contributed by atoms with Crippen LogP contribution in [0.2, 0.25) is 0 Å². The van der Waals surface area contributed by atoms with Gasteiger partial charge in [0.05, 0.1) is 0 Å². The summed E-state index contributed by atoms with van der Waals surface area (Å²) in [7, 11) is 0. The van der Waals surface area contributed by atoms with Crippen molar-refractivity contribution in [1.29, 1.82) is 0 Å². The summed E-state index contributed by atoms with van der Waals surface area (Å²) in [4.78, 5) is 23.2. The van der Waals surface area contributed by atoms with Crippen LogP contribution in [0.4, 0.5) is 0 Å². The van der Waals surface area contributed by atoms with E-state index in [2.05, 4.69) is 32.1 Å². The van der Waals surface area contributed by atoms with Gasteiger partial charge >= 0.3 is 5.97 Å². The molecule has 6 atom stereocenters. The summed E-state index contributed by atoms with van der Waals surface area (Å²) >= 11 is 0. The summed E-state index contributed by atoms with van der Waals surface area (Å²) in [5.41, 5.74) is 1.21. The molecule has 4 aliphatic rings. The van der Waals surface area contributed by atoms with E-state index in [1.807, 2.05) is 0 Å². The molecular formula is C21H26O3. The molecule has 0 unspecified atom stereocenters. The predicted molar refractivity (Wildman–Crippen MR) is 92.1 cm³/mol. The molecular weight excluding hydrogens is 300 g/mol.